The zero-order chi connectivity index (χ0) is 97.1. The van der Waals surface area contributed by atoms with Gasteiger partial charge in [0.1, 0.15) is 67.1 Å². The number of anilines is 1. The van der Waals surface area contributed by atoms with E-state index in [1.54, 1.807) is 55.2 Å². The van der Waals surface area contributed by atoms with Crippen LogP contribution >= 0.6 is 0 Å². The minimum atomic E-state index is -0.374. The highest BCUT2D eigenvalue weighted by Crippen LogP contribution is 2.47. The van der Waals surface area contributed by atoms with E-state index in [1.165, 1.54) is 280 Å². The van der Waals surface area contributed by atoms with E-state index in [0.29, 0.717) is 54.0 Å². The summed E-state index contributed by atoms with van der Waals surface area (Å²) in [5, 5.41) is 15.7. The van der Waals surface area contributed by atoms with Crippen molar-refractivity contribution in [2.75, 3.05) is 112 Å². The molecule has 8 aliphatic rings. The number of aromatic amines is 1. The molecule has 0 radical (unpaired) electrons. The van der Waals surface area contributed by atoms with Gasteiger partial charge < -0.3 is 64.1 Å². The fourth-order valence-electron chi connectivity index (χ4n) is 24.8. The summed E-state index contributed by atoms with van der Waals surface area (Å²) in [5.74, 6) is 7.74. The molecule has 1 amide bonds. The topological polar surface area (TPSA) is 209 Å². The number of fused-ring (bicyclic) bond motifs is 1. The Labute approximate surface area is 823 Å². The Hall–Kier alpha value is -8.37. The SMILES string of the molecule is CC(=O)Nc1ccc([C@H]2c3nc[nH]c3CCC2Cc2cnc(C)nc2)cc1.CCCCC[C@H]1[C@@H](CC(C)=O)CC[C@@H]1[NH2+]CCC[NH+](C)C.COCc1cc(C[NH+]2CCC3(CCCC(Cc4cc(C)ccc4F)C3)C2)ccc1C.COc1c(C)cccc1CC1CCCC2(CC[NH+](Cc3ccc(CC(C)=O)cc3)C2)C1.Cc1ccc(CCCCCC2CCOCC2)cc1OC[C@H](O)C[NH+]1CCCC1. The predicted octanol–water partition coefficient (Wildman–Crippen LogP) is 16.5. The third-order valence-corrected chi connectivity index (χ3v) is 31.9. The average Bonchev–Trinajstić information content (AvgIpc) is 1.74. The number of nitrogens with one attached hydrogen (secondary N) is 6. The molecular weight excluding hydrogens is 1700 g/mol. The van der Waals surface area contributed by atoms with Crippen molar-refractivity contribution in [3.63, 3.8) is 0 Å². The second-order valence-corrected chi connectivity index (χ2v) is 43.8. The van der Waals surface area contributed by atoms with Crippen LogP contribution in [0.5, 0.6) is 11.5 Å². The first-order valence-electron chi connectivity index (χ1n) is 53.6. The number of aryl methyl sites for hydroxylation is 7. The summed E-state index contributed by atoms with van der Waals surface area (Å²) in [4.78, 5) is 57.2. The molecule has 748 valence electrons. The van der Waals surface area contributed by atoms with Gasteiger partial charge in [-0.1, -0.05) is 168 Å². The monoisotopic (exact) mass is 1880 g/mol. The lowest BCUT2D eigenvalue weighted by atomic mass is 9.67. The van der Waals surface area contributed by atoms with Gasteiger partial charge in [0.05, 0.1) is 98.2 Å². The standard InChI is InChI=1S/C28H37NO2.C27H36FNO.C24H39NO3.C21H23N5O.C18H36N2O/c1-21-6-4-8-26(27(21)31-3)17-25-7-5-13-28(18-25)14-15-29(20-28)19-24-11-9-23(10-12-24)16-22(2)30;1-20-6-9-26(28)24(13-20)14-22-5-4-10-27(16-22)11-12-29(19-27)17-23-8-7-21(2)25(15-23)18-30-3;1-20-9-10-22(8-4-2-3-7-21-11-15-27-16-12-21)17-24(20)28-19-23(26)18-25-13-5-6-14-25;1-13-22-10-15(11-23-13)9-17-5-8-19-21(25-12-24-19)20(17)16-3-6-18(7-4-16)26-14(2)27;1-5-6-7-9-17-16(14-15(2)21)10-11-18(17)19-12-8-13-20(3)4/h4,6,8-12,25H,5,7,13-20H2,1-3H3;6-9,13,15,22H,4-5,10-12,14,16-19H2,1-3H3;9-10,17,21,23,26H,2-8,11-16,18-19H2,1H3;3-4,6-7,10-12,17,20H,5,8-9H2,1-2H3,(H,24,25)(H,26,27);16-19H,5-14H2,1-4H3/p+5/t;;23-;17?,20-;16-,17+,18+/m..111/s1. The quantitative estimate of drug-likeness (QED) is 0.0170. The maximum Gasteiger partial charge on any atom is 0.221 e. The number of halogens is 1. The molecule has 9 N–H and O–H groups in total. The average molecular weight is 1880 g/mol. The lowest BCUT2D eigenvalue weighted by Gasteiger charge is -2.36. The molecule has 4 aliphatic carbocycles. The van der Waals surface area contributed by atoms with Crippen LogP contribution < -0.4 is 39.7 Å². The first-order valence-corrected chi connectivity index (χ1v) is 53.6. The van der Waals surface area contributed by atoms with E-state index in [9.17, 15) is 23.9 Å². The Kier molecular flexibility index (Phi) is 43.3. The van der Waals surface area contributed by atoms with Gasteiger partial charge in [-0.2, -0.15) is 0 Å². The summed E-state index contributed by atoms with van der Waals surface area (Å²) in [6.07, 6.45) is 45.8. The number of para-hydroxylation sites is 1. The van der Waals surface area contributed by atoms with Gasteiger partial charge in [-0.15, -0.1) is 0 Å². The molecular formula is C118H176FN10O8+5. The van der Waals surface area contributed by atoms with Crippen LogP contribution in [0.1, 0.15) is 297 Å². The number of nitrogens with two attached hydrogens (primary N) is 1. The molecule has 16 rings (SSSR count). The molecule has 8 aromatic rings. The summed E-state index contributed by atoms with van der Waals surface area (Å²) in [7, 11) is 8.03. The van der Waals surface area contributed by atoms with E-state index < -0.39 is 0 Å². The van der Waals surface area contributed by atoms with Crippen molar-refractivity contribution in [3.05, 3.63) is 235 Å². The molecule has 7 unspecified atom stereocenters. The molecule has 0 bridgehead atoms. The first-order chi connectivity index (χ1) is 66.3. The number of Topliss-reactive ketones (excluding diaryl/α,β-unsaturated/α-hetero) is 2. The van der Waals surface area contributed by atoms with Crippen molar-refractivity contribution < 1.29 is 67.7 Å². The predicted molar refractivity (Wildman–Crippen MR) is 551 cm³/mol. The van der Waals surface area contributed by atoms with Crippen molar-refractivity contribution in [1.82, 2.24) is 19.9 Å². The number of amides is 1. The van der Waals surface area contributed by atoms with Crippen molar-refractivity contribution in [2.24, 2.45) is 46.3 Å². The Morgan fingerprint density at radius 3 is 1.96 bits per heavy atom. The van der Waals surface area contributed by atoms with Crippen LogP contribution in [0.4, 0.5) is 10.1 Å². The van der Waals surface area contributed by atoms with E-state index >= 15 is 0 Å². The number of nitrogens with zero attached hydrogens (tertiary/aromatic N) is 3. The fourth-order valence-corrected chi connectivity index (χ4v) is 24.8. The number of quaternary nitrogens is 5. The fraction of sp³-hybridized carbons (Fsp3) is 0.610. The van der Waals surface area contributed by atoms with Gasteiger partial charge in [0.2, 0.25) is 5.91 Å². The molecule has 2 spiro atoms. The maximum atomic E-state index is 14.3. The van der Waals surface area contributed by atoms with Gasteiger partial charge in [0.25, 0.3) is 0 Å². The zero-order valence-electron chi connectivity index (χ0n) is 86.5. The third-order valence-electron chi connectivity index (χ3n) is 31.9. The maximum absolute atomic E-state index is 14.3. The molecule has 2 aromatic heterocycles. The number of ketones is 2. The van der Waals surface area contributed by atoms with Gasteiger partial charge in [-0.25, -0.2) is 19.3 Å². The zero-order valence-corrected chi connectivity index (χ0v) is 86.5. The van der Waals surface area contributed by atoms with Gasteiger partial charge >= 0.3 is 0 Å². The molecule has 18 nitrogen and oxygen atoms in total. The highest BCUT2D eigenvalue weighted by molar-refractivity contribution is 5.88. The number of aromatic nitrogens is 4. The third kappa shape index (κ3) is 34.5. The number of hydrogen-bond donors (Lipinski definition) is 8. The number of aliphatic hydroxyl groups is 1. The van der Waals surface area contributed by atoms with Gasteiger partial charge in [0.15, 0.2) is 0 Å². The van der Waals surface area contributed by atoms with E-state index in [-0.39, 0.29) is 29.5 Å². The summed E-state index contributed by atoms with van der Waals surface area (Å²) in [5.41, 5.74) is 20.3. The summed E-state index contributed by atoms with van der Waals surface area (Å²) < 4.78 is 36.8. The normalized spacial score (nSPS) is 23.3. The van der Waals surface area contributed by atoms with E-state index in [0.717, 1.165) is 153 Å². The largest absolute Gasteiger partial charge is 0.496 e. The molecule has 137 heavy (non-hydrogen) atoms. The number of aliphatic hydroxyl groups excluding tert-OH is 1. The smallest absolute Gasteiger partial charge is 0.221 e. The van der Waals surface area contributed by atoms with Crippen LogP contribution in [-0.4, -0.2) is 162 Å². The number of hydrogen-bond acceptors (Lipinski definition) is 11. The molecule has 12 atom stereocenters. The minimum Gasteiger partial charge on any atom is -0.496 e. The Bertz CT molecular complexity index is 4950. The summed E-state index contributed by atoms with van der Waals surface area (Å²) >= 11 is 0. The molecule has 6 aromatic carbocycles. The van der Waals surface area contributed by atoms with Gasteiger partial charge in [0, 0.05) is 130 Å². The number of H-pyrrole nitrogens is 1. The molecule has 4 saturated heterocycles. The lowest BCUT2D eigenvalue weighted by Crippen LogP contribution is -3.11. The Morgan fingerprint density at radius 2 is 1.29 bits per heavy atom. The number of unbranched alkanes of at least 4 members (excludes halogenated alkanes) is 4. The summed E-state index contributed by atoms with van der Waals surface area (Å²) in [6.45, 7) is 33.7. The van der Waals surface area contributed by atoms with Gasteiger partial charge in [-0.05, 0) is 267 Å². The molecule has 19 heteroatoms. The number of carbonyl (C=O) groups excluding carboxylic acids is 3. The van der Waals surface area contributed by atoms with Gasteiger partial charge in [-0.3, -0.25) is 9.59 Å². The van der Waals surface area contributed by atoms with Crippen LogP contribution in [0.15, 0.2) is 140 Å². The van der Waals surface area contributed by atoms with Crippen LogP contribution in [0, 0.1) is 86.8 Å². The Morgan fingerprint density at radius 1 is 0.620 bits per heavy atom. The van der Waals surface area contributed by atoms with Crippen molar-refractivity contribution >= 4 is 23.2 Å². The lowest BCUT2D eigenvalue weighted by molar-refractivity contribution is -0.904. The van der Waals surface area contributed by atoms with E-state index in [1.807, 2.05) is 37.5 Å². The second-order valence-electron chi connectivity index (χ2n) is 43.8. The summed E-state index contributed by atoms with van der Waals surface area (Å²) in [6, 6.07) is 43.2. The Balaban J connectivity index is 0.000000155. The number of imidazole rings is 1. The highest BCUT2D eigenvalue weighted by Gasteiger charge is 2.47. The number of likely N-dealkylation sites (tertiary alicyclic amines) is 3. The molecule has 6 heterocycles. The van der Waals surface area contributed by atoms with Crippen LogP contribution in [-0.2, 0) is 82.1 Å². The van der Waals surface area contributed by atoms with Crippen molar-refractivity contribution in [1.29, 1.82) is 0 Å². The number of ether oxygens (including phenoxy) is 4. The molecule has 3 saturated carbocycles. The number of rotatable bonds is 39. The van der Waals surface area contributed by atoms with E-state index in [4.69, 9.17) is 18.9 Å². The number of benzene rings is 6. The highest BCUT2D eigenvalue weighted by atomic mass is 19.1. The minimum absolute atomic E-state index is 0.0230. The van der Waals surface area contributed by atoms with Crippen molar-refractivity contribution in [2.45, 2.75) is 312 Å². The number of carbonyl (C=O) groups is 3. The molecule has 4 aliphatic heterocycles. The molecule has 7 fully saturated rings. The van der Waals surface area contributed by atoms with Crippen LogP contribution in [0.2, 0.25) is 0 Å². The first kappa shape index (κ1) is 107. The van der Waals surface area contributed by atoms with Crippen LogP contribution in [0.25, 0.3) is 0 Å². The second kappa shape index (κ2) is 55.2. The number of methoxy groups -OCH3 is 2. The van der Waals surface area contributed by atoms with Crippen molar-refractivity contribution in [3.8, 4) is 11.5 Å². The van der Waals surface area contributed by atoms with Crippen LogP contribution in [0.3, 0.4) is 0 Å². The van der Waals surface area contributed by atoms with E-state index in [2.05, 4.69) is 176 Å².